The fourth-order valence-corrected chi connectivity index (χ4v) is 2.90. The summed E-state index contributed by atoms with van der Waals surface area (Å²) in [5.41, 5.74) is 1.50. The highest BCUT2D eigenvalue weighted by molar-refractivity contribution is 5.93. The van der Waals surface area contributed by atoms with E-state index in [4.69, 9.17) is 9.47 Å². The summed E-state index contributed by atoms with van der Waals surface area (Å²) in [6, 6.07) is 9.37. The maximum atomic E-state index is 13.4. The third-order valence-electron chi connectivity index (χ3n) is 4.21. The average molecular weight is 393 g/mol. The number of aryl methyl sites for hydroxylation is 1. The van der Waals surface area contributed by atoms with Crippen molar-refractivity contribution in [1.29, 1.82) is 0 Å². The minimum Gasteiger partial charge on any atom is -0.493 e. The first-order valence-electron chi connectivity index (χ1n) is 8.29. The monoisotopic (exact) mass is 393 g/mol. The van der Waals surface area contributed by atoms with E-state index in [-0.39, 0.29) is 11.0 Å². The van der Waals surface area contributed by atoms with Crippen LogP contribution in [0.25, 0.3) is 11.0 Å². The van der Waals surface area contributed by atoms with Gasteiger partial charge in [0, 0.05) is 11.8 Å². The maximum Gasteiger partial charge on any atom is 0.449 e. The molecule has 0 spiro atoms. The summed E-state index contributed by atoms with van der Waals surface area (Å²) in [6.45, 7) is 1.20. The molecule has 0 fully saturated rings. The molecule has 0 saturated carbocycles. The molecule has 28 heavy (non-hydrogen) atoms. The van der Waals surface area contributed by atoms with E-state index in [1.807, 2.05) is 0 Å². The zero-order valence-electron chi connectivity index (χ0n) is 15.4. The first-order chi connectivity index (χ1) is 13.2. The fraction of sp³-hybridized carbons (Fsp3) is 0.263. The summed E-state index contributed by atoms with van der Waals surface area (Å²) in [7, 11) is 2.93. The minimum atomic E-state index is -4.68. The number of aromatic nitrogens is 2. The Kier molecular flexibility index (Phi) is 5.17. The van der Waals surface area contributed by atoms with Crippen LogP contribution in [0.2, 0.25) is 0 Å². The van der Waals surface area contributed by atoms with Crippen molar-refractivity contribution in [1.82, 2.24) is 9.55 Å². The summed E-state index contributed by atoms with van der Waals surface area (Å²) >= 11 is 0. The van der Waals surface area contributed by atoms with E-state index >= 15 is 0 Å². The number of methoxy groups -OCH3 is 2. The predicted molar refractivity (Wildman–Crippen MR) is 97.6 cm³/mol. The molecular weight excluding hydrogens is 375 g/mol. The van der Waals surface area contributed by atoms with Crippen molar-refractivity contribution in [3.05, 3.63) is 47.8 Å². The van der Waals surface area contributed by atoms with Crippen LogP contribution in [0.15, 0.2) is 36.4 Å². The molecule has 1 heterocycles. The van der Waals surface area contributed by atoms with Crippen LogP contribution in [0.5, 0.6) is 11.5 Å². The zero-order valence-corrected chi connectivity index (χ0v) is 15.4. The van der Waals surface area contributed by atoms with Crippen LogP contribution >= 0.6 is 0 Å². The van der Waals surface area contributed by atoms with E-state index < -0.39 is 24.5 Å². The number of hydrogen-bond acceptors (Lipinski definition) is 4. The summed E-state index contributed by atoms with van der Waals surface area (Å²) in [4.78, 5) is 16.1. The predicted octanol–water partition coefficient (Wildman–Crippen LogP) is 4.02. The van der Waals surface area contributed by atoms with Crippen molar-refractivity contribution >= 4 is 22.6 Å². The van der Waals surface area contributed by atoms with Gasteiger partial charge in [-0.05, 0) is 30.7 Å². The molecule has 9 heteroatoms. The molecule has 1 amide bonds. The van der Waals surface area contributed by atoms with Crippen molar-refractivity contribution in [2.45, 2.75) is 19.6 Å². The third-order valence-corrected chi connectivity index (χ3v) is 4.21. The summed E-state index contributed by atoms with van der Waals surface area (Å²) < 4.78 is 51.3. The number of hydrogen-bond donors (Lipinski definition) is 1. The normalized spacial score (nSPS) is 11.5. The van der Waals surface area contributed by atoms with Gasteiger partial charge in [0.2, 0.25) is 11.7 Å². The minimum absolute atomic E-state index is 0.171. The Morgan fingerprint density at radius 2 is 1.79 bits per heavy atom. The van der Waals surface area contributed by atoms with Crippen molar-refractivity contribution in [3.63, 3.8) is 0 Å². The molecule has 0 aliphatic rings. The number of benzene rings is 2. The quantitative estimate of drug-likeness (QED) is 0.711. The highest BCUT2D eigenvalue weighted by Gasteiger charge is 2.38. The smallest absolute Gasteiger partial charge is 0.449 e. The van der Waals surface area contributed by atoms with Gasteiger partial charge >= 0.3 is 6.18 Å². The van der Waals surface area contributed by atoms with Crippen LogP contribution in [-0.4, -0.2) is 29.7 Å². The van der Waals surface area contributed by atoms with Gasteiger partial charge in [0.15, 0.2) is 11.5 Å². The Morgan fingerprint density at radius 1 is 1.14 bits per heavy atom. The lowest BCUT2D eigenvalue weighted by Crippen LogP contribution is -2.23. The van der Waals surface area contributed by atoms with E-state index in [0.717, 1.165) is 4.57 Å². The highest BCUT2D eigenvalue weighted by atomic mass is 19.4. The van der Waals surface area contributed by atoms with Gasteiger partial charge in [0.25, 0.3) is 0 Å². The third kappa shape index (κ3) is 3.73. The first kappa shape index (κ1) is 19.5. The van der Waals surface area contributed by atoms with Crippen LogP contribution in [0.3, 0.4) is 0 Å². The summed E-state index contributed by atoms with van der Waals surface area (Å²) in [6.07, 6.45) is -4.68. The van der Waals surface area contributed by atoms with Crippen LogP contribution in [-0.2, 0) is 17.5 Å². The molecule has 0 aliphatic heterocycles. The number of nitrogens with zero attached hydrogens (tertiary/aromatic N) is 2. The van der Waals surface area contributed by atoms with Crippen LogP contribution in [0.1, 0.15) is 11.4 Å². The second-order valence-corrected chi connectivity index (χ2v) is 6.08. The van der Waals surface area contributed by atoms with Gasteiger partial charge in [-0.3, -0.25) is 4.79 Å². The average Bonchev–Trinajstić information content (AvgIpc) is 3.02. The Bertz CT molecular complexity index is 1030. The molecule has 0 aliphatic carbocycles. The number of halogens is 3. The van der Waals surface area contributed by atoms with Gasteiger partial charge in [0.05, 0.1) is 25.3 Å². The number of rotatable bonds is 5. The molecule has 3 rings (SSSR count). The van der Waals surface area contributed by atoms with E-state index in [1.54, 1.807) is 31.2 Å². The Morgan fingerprint density at radius 3 is 2.43 bits per heavy atom. The molecule has 0 atom stereocenters. The summed E-state index contributed by atoms with van der Waals surface area (Å²) in [5.74, 6) is -0.859. The number of fused-ring (bicyclic) bond motifs is 1. The van der Waals surface area contributed by atoms with Gasteiger partial charge < -0.3 is 19.4 Å². The molecule has 0 bridgehead atoms. The number of carbonyl (C=O) groups excluding carboxylic acids is 1. The Hall–Kier alpha value is -3.23. The molecule has 148 valence electrons. The van der Waals surface area contributed by atoms with Crippen molar-refractivity contribution in [3.8, 4) is 11.5 Å². The Balaban J connectivity index is 1.92. The molecule has 0 unspecified atom stereocenters. The molecule has 0 saturated heterocycles. The second-order valence-electron chi connectivity index (χ2n) is 6.08. The molecule has 1 aromatic heterocycles. The Labute approximate surface area is 158 Å². The zero-order chi connectivity index (χ0) is 20.5. The molecule has 3 aromatic rings. The molecule has 0 radical (unpaired) electrons. The van der Waals surface area contributed by atoms with E-state index in [0.29, 0.717) is 22.7 Å². The van der Waals surface area contributed by atoms with Gasteiger partial charge in [0.1, 0.15) is 6.54 Å². The molecule has 6 nitrogen and oxygen atoms in total. The number of anilines is 1. The number of para-hydroxylation sites is 2. The topological polar surface area (TPSA) is 65.4 Å². The highest BCUT2D eigenvalue weighted by Crippen LogP contribution is 2.34. The van der Waals surface area contributed by atoms with Crippen molar-refractivity contribution < 1.29 is 27.4 Å². The standard InChI is InChI=1S/C19H18F3N3O3/c1-11-8-15(27-2)16(28-3)9-13(11)23-17(26)10-25-14-7-5-4-6-12(14)24-18(25)19(20,21)22/h4-9H,10H2,1-3H3,(H,23,26). The van der Waals surface area contributed by atoms with Crippen LogP contribution < -0.4 is 14.8 Å². The molecular formula is C19H18F3N3O3. The van der Waals surface area contributed by atoms with Crippen LogP contribution in [0.4, 0.5) is 18.9 Å². The number of carbonyl (C=O) groups is 1. The van der Waals surface area contributed by atoms with Crippen molar-refractivity contribution in [2.24, 2.45) is 0 Å². The summed E-state index contributed by atoms with van der Waals surface area (Å²) in [5, 5.41) is 2.63. The second kappa shape index (κ2) is 7.41. The van der Waals surface area contributed by atoms with Gasteiger partial charge in [-0.1, -0.05) is 12.1 Å². The van der Waals surface area contributed by atoms with E-state index in [2.05, 4.69) is 10.3 Å². The number of imidazole rings is 1. The van der Waals surface area contributed by atoms with E-state index in [1.165, 1.54) is 26.4 Å². The first-order valence-corrected chi connectivity index (χ1v) is 8.29. The molecule has 2 aromatic carbocycles. The van der Waals surface area contributed by atoms with Crippen molar-refractivity contribution in [2.75, 3.05) is 19.5 Å². The largest absolute Gasteiger partial charge is 0.493 e. The number of alkyl halides is 3. The fourth-order valence-electron chi connectivity index (χ4n) is 2.90. The number of amides is 1. The maximum absolute atomic E-state index is 13.4. The lowest BCUT2D eigenvalue weighted by Gasteiger charge is -2.15. The number of nitrogens with one attached hydrogen (secondary N) is 1. The van der Waals surface area contributed by atoms with Gasteiger partial charge in [-0.15, -0.1) is 0 Å². The molecule has 1 N–H and O–H groups in total. The van der Waals surface area contributed by atoms with Gasteiger partial charge in [-0.25, -0.2) is 4.98 Å². The van der Waals surface area contributed by atoms with Gasteiger partial charge in [-0.2, -0.15) is 13.2 Å². The number of ether oxygens (including phenoxy) is 2. The lowest BCUT2D eigenvalue weighted by atomic mass is 10.1. The SMILES string of the molecule is COc1cc(C)c(NC(=O)Cn2c(C(F)(F)F)nc3ccccc32)cc1OC. The van der Waals surface area contributed by atoms with E-state index in [9.17, 15) is 18.0 Å². The van der Waals surface area contributed by atoms with Crippen LogP contribution in [0, 0.1) is 6.92 Å². The lowest BCUT2D eigenvalue weighted by molar-refractivity contribution is -0.147.